The van der Waals surface area contributed by atoms with Crippen molar-refractivity contribution in [1.29, 1.82) is 0 Å². The molecule has 3 nitrogen and oxygen atoms in total. The molecule has 1 heterocycles. The van der Waals surface area contributed by atoms with Crippen LogP contribution in [0.25, 0.3) is 0 Å². The molecule has 0 bridgehead atoms. The van der Waals surface area contributed by atoms with Gasteiger partial charge in [-0.15, -0.1) is 5.10 Å². The molecule has 0 aliphatic rings. The van der Waals surface area contributed by atoms with Gasteiger partial charge >= 0.3 is 0 Å². The predicted molar refractivity (Wildman–Crippen MR) is 71.3 cm³/mol. The van der Waals surface area contributed by atoms with Crippen LogP contribution < -0.4 is 5.73 Å². The highest BCUT2D eigenvalue weighted by molar-refractivity contribution is 7.05. The minimum absolute atomic E-state index is 0.325. The Kier molecular flexibility index (Phi) is 4.27. The number of hydrogen-bond donors (Lipinski definition) is 1. The molecule has 0 fully saturated rings. The van der Waals surface area contributed by atoms with E-state index in [9.17, 15) is 4.39 Å². The number of nitrogens with zero attached hydrogens (tertiary/aromatic N) is 2. The first-order valence-corrected chi connectivity index (χ1v) is 6.78. The van der Waals surface area contributed by atoms with Crippen molar-refractivity contribution >= 4 is 23.1 Å². The zero-order valence-corrected chi connectivity index (χ0v) is 11.4. The Labute approximate surface area is 114 Å². The Hall–Kier alpha value is -1.04. The van der Waals surface area contributed by atoms with E-state index in [2.05, 4.69) is 9.59 Å². The van der Waals surface area contributed by atoms with Gasteiger partial charge < -0.3 is 5.73 Å². The summed E-state index contributed by atoms with van der Waals surface area (Å²) in [6.45, 7) is 1.99. The number of aryl methyl sites for hydroxylation is 1. The molecule has 0 aliphatic heterocycles. The molecule has 0 saturated heterocycles. The number of hydrogen-bond acceptors (Lipinski definition) is 4. The lowest BCUT2D eigenvalue weighted by Crippen LogP contribution is -2.15. The van der Waals surface area contributed by atoms with E-state index >= 15 is 0 Å². The third kappa shape index (κ3) is 2.68. The Balaban J connectivity index is 2.24. The molecule has 6 heteroatoms. The molecule has 0 amide bonds. The van der Waals surface area contributed by atoms with Crippen LogP contribution in [-0.4, -0.2) is 9.59 Å². The first kappa shape index (κ1) is 13.4. The molecule has 2 aromatic rings. The van der Waals surface area contributed by atoms with Gasteiger partial charge in [-0.1, -0.05) is 29.1 Å². The van der Waals surface area contributed by atoms with Crippen LogP contribution in [0.15, 0.2) is 18.2 Å². The number of halogens is 2. The quantitative estimate of drug-likeness (QED) is 0.939. The van der Waals surface area contributed by atoms with E-state index in [1.807, 2.05) is 6.92 Å². The predicted octanol–water partition coefficient (Wildman–Crippen LogP) is 3.14. The normalized spacial score (nSPS) is 12.7. The van der Waals surface area contributed by atoms with Crippen LogP contribution in [0.3, 0.4) is 0 Å². The van der Waals surface area contributed by atoms with E-state index in [1.165, 1.54) is 17.6 Å². The average molecular weight is 286 g/mol. The van der Waals surface area contributed by atoms with Crippen molar-refractivity contribution in [2.75, 3.05) is 0 Å². The van der Waals surface area contributed by atoms with Crippen molar-refractivity contribution in [2.24, 2.45) is 5.73 Å². The second kappa shape index (κ2) is 5.73. The van der Waals surface area contributed by atoms with Gasteiger partial charge in [0.2, 0.25) is 0 Å². The molecule has 1 atom stereocenters. The lowest BCUT2D eigenvalue weighted by Gasteiger charge is -2.12. The van der Waals surface area contributed by atoms with Crippen LogP contribution >= 0.6 is 23.1 Å². The Morgan fingerprint density at radius 3 is 2.94 bits per heavy atom. The SMILES string of the molecule is CCc1nnsc1C(N)Cc1c(F)cccc1Cl. The van der Waals surface area contributed by atoms with Crippen molar-refractivity contribution in [3.63, 3.8) is 0 Å². The third-order valence-electron chi connectivity index (χ3n) is 2.74. The number of nitrogens with two attached hydrogens (primary N) is 1. The van der Waals surface area contributed by atoms with Gasteiger partial charge in [-0.25, -0.2) is 4.39 Å². The maximum absolute atomic E-state index is 13.7. The molecule has 96 valence electrons. The lowest BCUT2D eigenvalue weighted by molar-refractivity contribution is 0.594. The highest BCUT2D eigenvalue weighted by Gasteiger charge is 2.18. The summed E-state index contributed by atoms with van der Waals surface area (Å²) >= 11 is 7.25. The second-order valence-corrected chi connectivity index (χ2v) is 5.14. The first-order chi connectivity index (χ1) is 8.63. The summed E-state index contributed by atoms with van der Waals surface area (Å²) in [6.07, 6.45) is 1.12. The number of rotatable bonds is 4. The van der Waals surface area contributed by atoms with Crippen LogP contribution in [0, 0.1) is 5.82 Å². The van der Waals surface area contributed by atoms with Crippen molar-refractivity contribution in [3.8, 4) is 0 Å². The summed E-state index contributed by atoms with van der Waals surface area (Å²) < 4.78 is 17.6. The maximum atomic E-state index is 13.7. The fourth-order valence-electron chi connectivity index (χ4n) is 1.78. The molecule has 0 radical (unpaired) electrons. The third-order valence-corrected chi connectivity index (χ3v) is 3.99. The molecule has 2 rings (SSSR count). The molecule has 1 aromatic heterocycles. The maximum Gasteiger partial charge on any atom is 0.127 e. The van der Waals surface area contributed by atoms with E-state index in [0.29, 0.717) is 17.0 Å². The van der Waals surface area contributed by atoms with Gasteiger partial charge in [-0.2, -0.15) is 0 Å². The zero-order chi connectivity index (χ0) is 13.1. The standard InChI is InChI=1S/C12H13ClFN3S/c1-2-11-12(18-17-16-11)10(15)6-7-8(13)4-3-5-9(7)14/h3-5,10H,2,6,15H2,1H3. The Morgan fingerprint density at radius 1 is 1.50 bits per heavy atom. The summed E-state index contributed by atoms with van der Waals surface area (Å²) in [7, 11) is 0. The van der Waals surface area contributed by atoms with Crippen molar-refractivity contribution in [3.05, 3.63) is 45.2 Å². The van der Waals surface area contributed by atoms with Gasteiger partial charge in [-0.05, 0) is 36.5 Å². The Bertz CT molecular complexity index is 524. The molecule has 0 saturated carbocycles. The minimum atomic E-state index is -0.325. The van der Waals surface area contributed by atoms with Gasteiger partial charge in [0.25, 0.3) is 0 Å². The largest absolute Gasteiger partial charge is 0.323 e. The average Bonchev–Trinajstić information content (AvgIpc) is 2.82. The van der Waals surface area contributed by atoms with Crippen LogP contribution in [0.5, 0.6) is 0 Å². The summed E-state index contributed by atoms with van der Waals surface area (Å²) in [5.74, 6) is -0.325. The van der Waals surface area contributed by atoms with Crippen LogP contribution in [0.4, 0.5) is 4.39 Å². The summed E-state index contributed by atoms with van der Waals surface area (Å²) in [6, 6.07) is 4.31. The fraction of sp³-hybridized carbons (Fsp3) is 0.333. The fourth-order valence-corrected chi connectivity index (χ4v) is 2.76. The van der Waals surface area contributed by atoms with E-state index in [4.69, 9.17) is 17.3 Å². The molecule has 0 spiro atoms. The smallest absolute Gasteiger partial charge is 0.127 e. The van der Waals surface area contributed by atoms with Crippen LogP contribution in [0.1, 0.15) is 29.1 Å². The summed E-state index contributed by atoms with van der Waals surface area (Å²) in [5.41, 5.74) is 7.41. The summed E-state index contributed by atoms with van der Waals surface area (Å²) in [4.78, 5) is 0.900. The summed E-state index contributed by atoms with van der Waals surface area (Å²) in [5, 5.41) is 4.41. The minimum Gasteiger partial charge on any atom is -0.323 e. The van der Waals surface area contributed by atoms with Gasteiger partial charge in [-0.3, -0.25) is 0 Å². The van der Waals surface area contributed by atoms with Crippen LogP contribution in [-0.2, 0) is 12.8 Å². The highest BCUT2D eigenvalue weighted by Crippen LogP contribution is 2.27. The molecule has 1 aromatic carbocycles. The molecule has 1 unspecified atom stereocenters. The van der Waals surface area contributed by atoms with E-state index in [1.54, 1.807) is 12.1 Å². The van der Waals surface area contributed by atoms with Crippen molar-refractivity contribution in [1.82, 2.24) is 9.59 Å². The second-order valence-electron chi connectivity index (χ2n) is 3.95. The number of benzene rings is 1. The lowest BCUT2D eigenvalue weighted by atomic mass is 10.0. The van der Waals surface area contributed by atoms with Gasteiger partial charge in [0, 0.05) is 16.6 Å². The monoisotopic (exact) mass is 285 g/mol. The van der Waals surface area contributed by atoms with E-state index in [0.717, 1.165) is 17.0 Å². The topological polar surface area (TPSA) is 51.8 Å². The van der Waals surface area contributed by atoms with Crippen molar-refractivity contribution < 1.29 is 4.39 Å². The molecule has 0 aliphatic carbocycles. The van der Waals surface area contributed by atoms with Gasteiger partial charge in [0.1, 0.15) is 5.82 Å². The van der Waals surface area contributed by atoms with E-state index < -0.39 is 0 Å². The van der Waals surface area contributed by atoms with Gasteiger partial charge in [0.05, 0.1) is 10.6 Å². The highest BCUT2D eigenvalue weighted by atomic mass is 35.5. The molecular formula is C12H13ClFN3S. The van der Waals surface area contributed by atoms with E-state index in [-0.39, 0.29) is 11.9 Å². The molecular weight excluding hydrogens is 273 g/mol. The van der Waals surface area contributed by atoms with Crippen molar-refractivity contribution in [2.45, 2.75) is 25.8 Å². The Morgan fingerprint density at radius 2 is 2.28 bits per heavy atom. The first-order valence-electron chi connectivity index (χ1n) is 5.63. The number of aromatic nitrogens is 2. The zero-order valence-electron chi connectivity index (χ0n) is 9.86. The van der Waals surface area contributed by atoms with Gasteiger partial charge in [0.15, 0.2) is 0 Å². The van der Waals surface area contributed by atoms with Crippen LogP contribution in [0.2, 0.25) is 5.02 Å². The molecule has 18 heavy (non-hydrogen) atoms. The molecule has 2 N–H and O–H groups in total.